The fourth-order valence-electron chi connectivity index (χ4n) is 1.69. The molecule has 2 nitrogen and oxygen atoms in total. The Morgan fingerprint density at radius 2 is 1.89 bits per heavy atom. The molecule has 1 atom stereocenters. The molecule has 0 spiro atoms. The highest BCUT2D eigenvalue weighted by molar-refractivity contribution is 6.34. The van der Waals surface area contributed by atoms with Crippen LogP contribution in [0.3, 0.4) is 0 Å². The van der Waals surface area contributed by atoms with Crippen LogP contribution in [0.25, 0.3) is 0 Å². The maximum atomic E-state index is 11.5. The molecule has 1 aromatic rings. The van der Waals surface area contributed by atoms with Gasteiger partial charge in [-0.25, -0.2) is 0 Å². The summed E-state index contributed by atoms with van der Waals surface area (Å²) in [6, 6.07) is 5.03. The second kappa shape index (κ2) is 5.59. The minimum atomic E-state index is -0.135. The highest BCUT2D eigenvalue weighted by Gasteiger charge is 2.18. The van der Waals surface area contributed by atoms with Crippen molar-refractivity contribution in [2.75, 3.05) is 6.61 Å². The first-order valence-corrected chi connectivity index (χ1v) is 6.32. The zero-order valence-electron chi connectivity index (χ0n) is 9.82. The first-order chi connectivity index (χ1) is 8.56. The van der Waals surface area contributed by atoms with E-state index in [0.717, 1.165) is 5.57 Å². The fourth-order valence-corrected chi connectivity index (χ4v) is 2.20. The van der Waals surface area contributed by atoms with E-state index in [4.69, 9.17) is 27.9 Å². The molecule has 0 saturated heterocycles. The Hall–Kier alpha value is -1.25. The normalized spacial score (nSPS) is 18.7. The molecule has 0 aliphatic heterocycles. The summed E-state index contributed by atoms with van der Waals surface area (Å²) in [7, 11) is 0. The Morgan fingerprint density at radius 1 is 1.22 bits per heavy atom. The third-order valence-corrected chi connectivity index (χ3v) is 3.23. The Labute approximate surface area is 116 Å². The van der Waals surface area contributed by atoms with Crippen molar-refractivity contribution in [2.24, 2.45) is 5.92 Å². The van der Waals surface area contributed by atoms with Crippen molar-refractivity contribution < 1.29 is 9.53 Å². The number of ketones is 1. The Kier molecular flexibility index (Phi) is 4.10. The monoisotopic (exact) mass is 282 g/mol. The SMILES string of the molecule is CC1C(=O)C=CC=C1COc1cc(Cl)cc(Cl)c1. The molecule has 2 rings (SSSR count). The van der Waals surface area contributed by atoms with E-state index in [1.54, 1.807) is 30.4 Å². The highest BCUT2D eigenvalue weighted by atomic mass is 35.5. The molecule has 18 heavy (non-hydrogen) atoms. The minimum absolute atomic E-state index is 0.0974. The molecule has 0 N–H and O–H groups in total. The molecule has 0 bridgehead atoms. The molecule has 0 heterocycles. The van der Waals surface area contributed by atoms with Crippen LogP contribution in [0.4, 0.5) is 0 Å². The van der Waals surface area contributed by atoms with Gasteiger partial charge in [-0.2, -0.15) is 0 Å². The maximum absolute atomic E-state index is 11.5. The predicted octanol–water partition coefficient (Wildman–Crippen LogP) is 4.07. The van der Waals surface area contributed by atoms with Crippen LogP contribution in [0.15, 0.2) is 42.0 Å². The number of carbonyl (C=O) groups is 1. The summed E-state index contributed by atoms with van der Waals surface area (Å²) in [6.45, 7) is 2.22. The lowest BCUT2D eigenvalue weighted by atomic mass is 9.93. The van der Waals surface area contributed by atoms with Crippen molar-refractivity contribution in [3.8, 4) is 5.75 Å². The van der Waals surface area contributed by atoms with E-state index in [9.17, 15) is 4.79 Å². The summed E-state index contributed by atoms with van der Waals surface area (Å²) in [5, 5.41) is 1.05. The molecule has 1 aliphatic rings. The van der Waals surface area contributed by atoms with Gasteiger partial charge in [0.1, 0.15) is 12.4 Å². The number of allylic oxidation sites excluding steroid dienone is 3. The van der Waals surface area contributed by atoms with Crippen molar-refractivity contribution in [2.45, 2.75) is 6.92 Å². The number of halogens is 2. The van der Waals surface area contributed by atoms with E-state index in [1.165, 1.54) is 0 Å². The van der Waals surface area contributed by atoms with E-state index in [0.29, 0.717) is 22.4 Å². The summed E-state index contributed by atoms with van der Waals surface area (Å²) in [4.78, 5) is 11.5. The molecule has 1 unspecified atom stereocenters. The average molecular weight is 283 g/mol. The average Bonchev–Trinajstić information content (AvgIpc) is 2.30. The molecular weight excluding hydrogens is 271 g/mol. The van der Waals surface area contributed by atoms with Gasteiger partial charge in [-0.05, 0) is 29.8 Å². The van der Waals surface area contributed by atoms with Gasteiger partial charge in [-0.3, -0.25) is 4.79 Å². The fraction of sp³-hybridized carbons (Fsp3) is 0.214. The van der Waals surface area contributed by atoms with Crippen LogP contribution in [0.5, 0.6) is 5.75 Å². The highest BCUT2D eigenvalue weighted by Crippen LogP contribution is 2.25. The van der Waals surface area contributed by atoms with Gasteiger partial charge in [0, 0.05) is 16.0 Å². The minimum Gasteiger partial charge on any atom is -0.489 e. The second-order valence-corrected chi connectivity index (χ2v) is 4.99. The Bertz CT molecular complexity index is 512. The van der Waals surface area contributed by atoms with Crippen molar-refractivity contribution >= 4 is 29.0 Å². The van der Waals surface area contributed by atoms with E-state index < -0.39 is 0 Å². The lowest BCUT2D eigenvalue weighted by molar-refractivity contribution is -0.117. The lowest BCUT2D eigenvalue weighted by Crippen LogP contribution is -2.18. The van der Waals surface area contributed by atoms with E-state index in [1.807, 2.05) is 13.0 Å². The Balaban J connectivity index is 2.05. The van der Waals surface area contributed by atoms with Crippen LogP contribution in [-0.4, -0.2) is 12.4 Å². The smallest absolute Gasteiger partial charge is 0.162 e. The zero-order chi connectivity index (χ0) is 13.1. The summed E-state index contributed by atoms with van der Waals surface area (Å²) < 4.78 is 5.60. The van der Waals surface area contributed by atoms with Gasteiger partial charge in [0.05, 0.1) is 0 Å². The number of ether oxygens (including phenoxy) is 1. The standard InChI is InChI=1S/C14H12Cl2O2/c1-9-10(3-2-4-14(9)17)8-18-13-6-11(15)5-12(16)7-13/h2-7,9H,8H2,1H3. The van der Waals surface area contributed by atoms with E-state index in [2.05, 4.69) is 0 Å². The van der Waals surface area contributed by atoms with Crippen molar-refractivity contribution in [1.29, 1.82) is 0 Å². The molecule has 0 saturated carbocycles. The summed E-state index contributed by atoms with van der Waals surface area (Å²) in [5.41, 5.74) is 0.943. The third-order valence-electron chi connectivity index (χ3n) is 2.80. The zero-order valence-corrected chi connectivity index (χ0v) is 11.3. The van der Waals surface area contributed by atoms with Crippen molar-refractivity contribution in [3.05, 3.63) is 52.0 Å². The van der Waals surface area contributed by atoms with Gasteiger partial charge >= 0.3 is 0 Å². The van der Waals surface area contributed by atoms with E-state index in [-0.39, 0.29) is 11.7 Å². The molecule has 0 aromatic heterocycles. The molecule has 1 aliphatic carbocycles. The maximum Gasteiger partial charge on any atom is 0.162 e. The van der Waals surface area contributed by atoms with Gasteiger partial charge in [0.15, 0.2) is 5.78 Å². The summed E-state index contributed by atoms with van der Waals surface area (Å²) in [5.74, 6) is 0.562. The molecule has 94 valence electrons. The van der Waals surface area contributed by atoms with Crippen LogP contribution in [0, 0.1) is 5.92 Å². The van der Waals surface area contributed by atoms with Crippen LogP contribution >= 0.6 is 23.2 Å². The number of hydrogen-bond acceptors (Lipinski definition) is 2. The number of hydrogen-bond donors (Lipinski definition) is 0. The topological polar surface area (TPSA) is 26.3 Å². The van der Waals surface area contributed by atoms with Gasteiger partial charge in [-0.15, -0.1) is 0 Å². The lowest BCUT2D eigenvalue weighted by Gasteiger charge is -2.16. The quantitative estimate of drug-likeness (QED) is 0.835. The first-order valence-electron chi connectivity index (χ1n) is 5.56. The second-order valence-electron chi connectivity index (χ2n) is 4.12. The van der Waals surface area contributed by atoms with Crippen molar-refractivity contribution in [1.82, 2.24) is 0 Å². The van der Waals surface area contributed by atoms with Crippen LogP contribution in [0.2, 0.25) is 10.0 Å². The molecule has 0 radical (unpaired) electrons. The van der Waals surface area contributed by atoms with Crippen LogP contribution in [0.1, 0.15) is 6.92 Å². The van der Waals surface area contributed by atoms with Gasteiger partial charge < -0.3 is 4.74 Å². The molecule has 0 amide bonds. The van der Waals surface area contributed by atoms with Crippen LogP contribution < -0.4 is 4.74 Å². The van der Waals surface area contributed by atoms with Crippen LogP contribution in [-0.2, 0) is 4.79 Å². The van der Waals surface area contributed by atoms with Gasteiger partial charge in [-0.1, -0.05) is 42.3 Å². The largest absolute Gasteiger partial charge is 0.489 e. The first kappa shape index (κ1) is 13.2. The van der Waals surface area contributed by atoms with E-state index >= 15 is 0 Å². The van der Waals surface area contributed by atoms with Crippen molar-refractivity contribution in [3.63, 3.8) is 0 Å². The third kappa shape index (κ3) is 3.15. The predicted molar refractivity (Wildman–Crippen MR) is 73.4 cm³/mol. The number of rotatable bonds is 3. The number of carbonyl (C=O) groups excluding carboxylic acids is 1. The summed E-state index contributed by atoms with van der Waals surface area (Å²) in [6.07, 6.45) is 5.22. The van der Waals surface area contributed by atoms with Gasteiger partial charge in [0.2, 0.25) is 0 Å². The summed E-state index contributed by atoms with van der Waals surface area (Å²) >= 11 is 11.8. The van der Waals surface area contributed by atoms with Gasteiger partial charge in [0.25, 0.3) is 0 Å². The molecule has 4 heteroatoms. The Morgan fingerprint density at radius 3 is 2.56 bits per heavy atom. The molecule has 0 fully saturated rings. The molecule has 1 aromatic carbocycles. The number of benzene rings is 1. The molecular formula is C14H12Cl2O2.